The summed E-state index contributed by atoms with van der Waals surface area (Å²) in [5, 5.41) is 11.8. The summed E-state index contributed by atoms with van der Waals surface area (Å²) in [4.78, 5) is 16.0. The van der Waals surface area contributed by atoms with Crippen molar-refractivity contribution in [3.8, 4) is 10.6 Å². The summed E-state index contributed by atoms with van der Waals surface area (Å²) in [6.07, 6.45) is 0. The van der Waals surface area contributed by atoms with Gasteiger partial charge in [-0.1, -0.05) is 29.8 Å². The van der Waals surface area contributed by atoms with E-state index in [9.17, 15) is 9.90 Å². The van der Waals surface area contributed by atoms with Crippen molar-refractivity contribution < 1.29 is 9.90 Å². The van der Waals surface area contributed by atoms with Crippen molar-refractivity contribution in [3.63, 3.8) is 0 Å². The first-order valence-corrected chi connectivity index (χ1v) is 8.60. The van der Waals surface area contributed by atoms with E-state index < -0.39 is 5.97 Å². The van der Waals surface area contributed by atoms with E-state index in [-0.39, 0.29) is 6.54 Å². The summed E-state index contributed by atoms with van der Waals surface area (Å²) in [6.45, 7) is 1.88. The molecule has 2 aromatic carbocycles. The van der Waals surface area contributed by atoms with Crippen LogP contribution in [0.4, 0.5) is 0 Å². The molecule has 0 spiro atoms. The van der Waals surface area contributed by atoms with Crippen LogP contribution in [0.1, 0.15) is 5.69 Å². The van der Waals surface area contributed by atoms with Crippen LogP contribution >= 0.6 is 22.9 Å². The SMILES string of the molecule is Cc1c(-c2nc3ccc(Cl)cc3s2)c2ccccc2n1CC(=O)O. The molecule has 4 aromatic rings. The molecule has 4 nitrogen and oxygen atoms in total. The minimum Gasteiger partial charge on any atom is -0.480 e. The second kappa shape index (κ2) is 5.61. The van der Waals surface area contributed by atoms with Gasteiger partial charge in [-0.15, -0.1) is 11.3 Å². The third-order valence-electron chi connectivity index (χ3n) is 4.09. The Labute approximate surface area is 146 Å². The second-order valence-electron chi connectivity index (χ2n) is 5.59. The number of thiazole rings is 1. The third-order valence-corrected chi connectivity index (χ3v) is 5.36. The number of carboxylic acid groups (broad SMARTS) is 1. The molecule has 1 N–H and O–H groups in total. The number of carboxylic acids is 1. The van der Waals surface area contributed by atoms with Gasteiger partial charge in [-0.2, -0.15) is 0 Å². The summed E-state index contributed by atoms with van der Waals surface area (Å²) in [6, 6.07) is 13.5. The molecule has 0 aliphatic carbocycles. The van der Waals surface area contributed by atoms with E-state index in [1.54, 1.807) is 11.3 Å². The van der Waals surface area contributed by atoms with Crippen LogP contribution in [-0.2, 0) is 11.3 Å². The molecule has 0 fully saturated rings. The predicted octanol–water partition coefficient (Wildman–Crippen LogP) is 4.96. The number of benzene rings is 2. The Morgan fingerprint density at radius 2 is 2.08 bits per heavy atom. The van der Waals surface area contributed by atoms with Gasteiger partial charge in [-0.3, -0.25) is 4.79 Å². The van der Waals surface area contributed by atoms with Crippen molar-refractivity contribution in [3.05, 3.63) is 53.2 Å². The molecule has 120 valence electrons. The number of carbonyl (C=O) groups is 1. The lowest BCUT2D eigenvalue weighted by Gasteiger charge is -2.04. The lowest BCUT2D eigenvalue weighted by atomic mass is 10.1. The molecule has 6 heteroatoms. The highest BCUT2D eigenvalue weighted by atomic mass is 35.5. The molecular weight excluding hydrogens is 344 g/mol. The van der Waals surface area contributed by atoms with Crippen LogP contribution in [0, 0.1) is 6.92 Å². The standard InChI is InChI=1S/C18H13ClN2O2S/c1-10-17(18-20-13-7-6-11(19)8-15(13)24-18)12-4-2-3-5-14(12)21(10)9-16(22)23/h2-8H,9H2,1H3,(H,22,23). The number of nitrogens with zero attached hydrogens (tertiary/aromatic N) is 2. The van der Waals surface area contributed by atoms with E-state index in [1.807, 2.05) is 54.0 Å². The maximum Gasteiger partial charge on any atom is 0.323 e. The zero-order chi connectivity index (χ0) is 16.8. The minimum absolute atomic E-state index is 0.0664. The topological polar surface area (TPSA) is 55.1 Å². The Balaban J connectivity index is 2.01. The number of aliphatic carboxylic acids is 1. The van der Waals surface area contributed by atoms with Crippen molar-refractivity contribution in [2.24, 2.45) is 0 Å². The van der Waals surface area contributed by atoms with Gasteiger partial charge >= 0.3 is 5.97 Å². The lowest BCUT2D eigenvalue weighted by molar-refractivity contribution is -0.137. The molecule has 2 aromatic heterocycles. The number of rotatable bonds is 3. The molecule has 0 aliphatic rings. The average Bonchev–Trinajstić information content (AvgIpc) is 3.06. The van der Waals surface area contributed by atoms with Gasteiger partial charge in [0.25, 0.3) is 0 Å². The first-order valence-electron chi connectivity index (χ1n) is 7.40. The first-order chi connectivity index (χ1) is 11.5. The molecule has 0 unspecified atom stereocenters. The maximum absolute atomic E-state index is 11.2. The molecule has 2 heterocycles. The summed E-state index contributed by atoms with van der Waals surface area (Å²) in [5.74, 6) is -0.860. The van der Waals surface area contributed by atoms with Crippen LogP contribution < -0.4 is 0 Å². The molecule has 0 saturated heterocycles. The smallest absolute Gasteiger partial charge is 0.323 e. The Morgan fingerprint density at radius 1 is 1.29 bits per heavy atom. The number of hydrogen-bond acceptors (Lipinski definition) is 3. The predicted molar refractivity (Wildman–Crippen MR) is 97.9 cm³/mol. The fourth-order valence-corrected chi connectivity index (χ4v) is 4.40. The second-order valence-corrected chi connectivity index (χ2v) is 7.06. The number of para-hydroxylation sites is 1. The highest BCUT2D eigenvalue weighted by Crippen LogP contribution is 2.39. The van der Waals surface area contributed by atoms with E-state index in [4.69, 9.17) is 16.6 Å². The molecule has 0 saturated carbocycles. The van der Waals surface area contributed by atoms with Gasteiger partial charge < -0.3 is 9.67 Å². The minimum atomic E-state index is -0.860. The summed E-state index contributed by atoms with van der Waals surface area (Å²) >= 11 is 7.64. The van der Waals surface area contributed by atoms with Gasteiger partial charge in [0.2, 0.25) is 0 Å². The van der Waals surface area contributed by atoms with E-state index in [1.165, 1.54) is 0 Å². The zero-order valence-corrected chi connectivity index (χ0v) is 14.4. The van der Waals surface area contributed by atoms with Gasteiger partial charge in [0.1, 0.15) is 11.6 Å². The molecule has 4 rings (SSSR count). The van der Waals surface area contributed by atoms with Crippen LogP contribution in [0.25, 0.3) is 31.7 Å². The van der Waals surface area contributed by atoms with Crippen LogP contribution in [0.15, 0.2) is 42.5 Å². The van der Waals surface area contributed by atoms with Crippen molar-refractivity contribution in [2.45, 2.75) is 13.5 Å². The average molecular weight is 357 g/mol. The molecule has 0 aliphatic heterocycles. The monoisotopic (exact) mass is 356 g/mol. The quantitative estimate of drug-likeness (QED) is 0.564. The van der Waals surface area contributed by atoms with Gasteiger partial charge in [0, 0.05) is 27.2 Å². The van der Waals surface area contributed by atoms with Gasteiger partial charge in [-0.25, -0.2) is 4.98 Å². The Bertz CT molecular complexity index is 1100. The summed E-state index contributed by atoms with van der Waals surface area (Å²) in [7, 11) is 0. The van der Waals surface area contributed by atoms with E-state index in [2.05, 4.69) is 0 Å². The highest BCUT2D eigenvalue weighted by molar-refractivity contribution is 7.21. The van der Waals surface area contributed by atoms with E-state index in [0.29, 0.717) is 5.02 Å². The summed E-state index contributed by atoms with van der Waals surface area (Å²) < 4.78 is 2.85. The van der Waals surface area contributed by atoms with Crippen molar-refractivity contribution in [1.29, 1.82) is 0 Å². The van der Waals surface area contributed by atoms with Crippen molar-refractivity contribution >= 4 is 50.0 Å². The number of halogens is 1. The highest BCUT2D eigenvalue weighted by Gasteiger charge is 2.19. The van der Waals surface area contributed by atoms with E-state index >= 15 is 0 Å². The number of fused-ring (bicyclic) bond motifs is 2. The molecule has 0 amide bonds. The molecule has 0 atom stereocenters. The molecule has 0 radical (unpaired) electrons. The number of aromatic nitrogens is 2. The van der Waals surface area contributed by atoms with Crippen molar-refractivity contribution in [1.82, 2.24) is 9.55 Å². The third kappa shape index (κ3) is 2.37. The van der Waals surface area contributed by atoms with Crippen LogP contribution in [0.5, 0.6) is 0 Å². The fourth-order valence-electron chi connectivity index (χ4n) is 3.05. The normalized spacial score (nSPS) is 11.4. The molecule has 24 heavy (non-hydrogen) atoms. The van der Waals surface area contributed by atoms with Gasteiger partial charge in [0.05, 0.1) is 10.2 Å². The van der Waals surface area contributed by atoms with Crippen LogP contribution in [-0.4, -0.2) is 20.6 Å². The summed E-state index contributed by atoms with van der Waals surface area (Å²) in [5.41, 5.74) is 3.70. The zero-order valence-electron chi connectivity index (χ0n) is 12.8. The van der Waals surface area contributed by atoms with Crippen LogP contribution in [0.3, 0.4) is 0 Å². The largest absolute Gasteiger partial charge is 0.480 e. The van der Waals surface area contributed by atoms with Gasteiger partial charge in [-0.05, 0) is 31.2 Å². The maximum atomic E-state index is 11.2. The fraction of sp³-hybridized carbons (Fsp3) is 0.111. The Morgan fingerprint density at radius 3 is 2.88 bits per heavy atom. The molecular formula is C18H13ClN2O2S. The molecule has 0 bridgehead atoms. The van der Waals surface area contributed by atoms with Crippen molar-refractivity contribution in [2.75, 3.05) is 0 Å². The first kappa shape index (κ1) is 15.2. The van der Waals surface area contributed by atoms with E-state index in [0.717, 1.165) is 37.4 Å². The van der Waals surface area contributed by atoms with Gasteiger partial charge in [0.15, 0.2) is 0 Å². The Kier molecular flexibility index (Phi) is 3.55. The van der Waals surface area contributed by atoms with Crippen LogP contribution in [0.2, 0.25) is 5.02 Å². The lowest BCUT2D eigenvalue weighted by Crippen LogP contribution is -2.09. The number of hydrogen-bond donors (Lipinski definition) is 1. The Hall–Kier alpha value is -2.37.